The molecule has 1 atom stereocenters. The second-order valence-corrected chi connectivity index (χ2v) is 6.61. The summed E-state index contributed by atoms with van der Waals surface area (Å²) in [6.45, 7) is 8.84. The number of hydrogen-bond acceptors (Lipinski definition) is 3. The molecule has 1 aromatic carbocycles. The summed E-state index contributed by atoms with van der Waals surface area (Å²) in [6.07, 6.45) is 3.37. The fourth-order valence-corrected chi connectivity index (χ4v) is 2.71. The molecular formula is C18H31N3OS. The molecule has 0 saturated carbocycles. The molecule has 5 heteroatoms. The summed E-state index contributed by atoms with van der Waals surface area (Å²) in [6, 6.07) is 8.59. The van der Waals surface area contributed by atoms with Gasteiger partial charge in [-0.3, -0.25) is 4.99 Å². The molecule has 1 aromatic rings. The molecule has 0 aliphatic carbocycles. The van der Waals surface area contributed by atoms with Crippen LogP contribution < -0.4 is 10.6 Å². The Morgan fingerprint density at radius 3 is 2.43 bits per heavy atom. The zero-order chi connectivity index (χ0) is 17.1. The largest absolute Gasteiger partial charge is 0.378 e. The van der Waals surface area contributed by atoms with Crippen LogP contribution in [0.15, 0.2) is 34.2 Å². The monoisotopic (exact) mass is 337 g/mol. The predicted octanol–water partition coefficient (Wildman–Crippen LogP) is 3.52. The van der Waals surface area contributed by atoms with Crippen molar-refractivity contribution in [2.75, 3.05) is 26.5 Å². The van der Waals surface area contributed by atoms with Gasteiger partial charge in [0.2, 0.25) is 0 Å². The maximum atomic E-state index is 5.77. The second kappa shape index (κ2) is 11.4. The third-order valence-electron chi connectivity index (χ3n) is 3.69. The van der Waals surface area contributed by atoms with Crippen molar-refractivity contribution in [3.05, 3.63) is 29.8 Å². The molecule has 0 radical (unpaired) electrons. The highest BCUT2D eigenvalue weighted by Gasteiger charge is 2.12. The van der Waals surface area contributed by atoms with Crippen LogP contribution in [0.4, 0.5) is 0 Å². The normalized spacial score (nSPS) is 13.2. The third-order valence-corrected chi connectivity index (χ3v) is 4.43. The molecule has 0 aliphatic heterocycles. The Balaban J connectivity index is 2.36. The van der Waals surface area contributed by atoms with Crippen molar-refractivity contribution in [3.8, 4) is 0 Å². The van der Waals surface area contributed by atoms with Crippen molar-refractivity contribution in [1.29, 1.82) is 0 Å². The molecule has 130 valence electrons. The average Bonchev–Trinajstić information content (AvgIpc) is 2.57. The van der Waals surface area contributed by atoms with E-state index in [1.165, 1.54) is 10.5 Å². The van der Waals surface area contributed by atoms with E-state index in [1.54, 1.807) is 18.8 Å². The van der Waals surface area contributed by atoms with Gasteiger partial charge in [-0.1, -0.05) is 26.0 Å². The molecule has 23 heavy (non-hydrogen) atoms. The van der Waals surface area contributed by atoms with Gasteiger partial charge in [-0.2, -0.15) is 0 Å². The van der Waals surface area contributed by atoms with Gasteiger partial charge < -0.3 is 15.4 Å². The van der Waals surface area contributed by atoms with Gasteiger partial charge in [-0.25, -0.2) is 0 Å². The molecule has 0 bridgehead atoms. The Labute approximate surface area is 145 Å². The van der Waals surface area contributed by atoms with Crippen LogP contribution in [0.2, 0.25) is 0 Å². The first kappa shape index (κ1) is 19.8. The van der Waals surface area contributed by atoms with Crippen LogP contribution >= 0.6 is 11.8 Å². The summed E-state index contributed by atoms with van der Waals surface area (Å²) in [5.41, 5.74) is 1.25. The zero-order valence-electron chi connectivity index (χ0n) is 15.1. The van der Waals surface area contributed by atoms with Crippen LogP contribution in [0.5, 0.6) is 0 Å². The summed E-state index contributed by atoms with van der Waals surface area (Å²) < 4.78 is 5.77. The van der Waals surface area contributed by atoms with Crippen LogP contribution in [0.3, 0.4) is 0 Å². The first-order valence-corrected chi connectivity index (χ1v) is 9.52. The van der Waals surface area contributed by atoms with Gasteiger partial charge in [0, 0.05) is 31.6 Å². The quantitative estimate of drug-likeness (QED) is 0.411. The van der Waals surface area contributed by atoms with Crippen molar-refractivity contribution in [2.45, 2.75) is 44.7 Å². The minimum absolute atomic E-state index is 0.296. The molecule has 1 rings (SSSR count). The third kappa shape index (κ3) is 7.75. The van der Waals surface area contributed by atoms with Crippen LogP contribution in [-0.4, -0.2) is 38.5 Å². The van der Waals surface area contributed by atoms with E-state index in [1.807, 2.05) is 6.92 Å². The van der Waals surface area contributed by atoms with Crippen LogP contribution in [0.25, 0.3) is 0 Å². The maximum absolute atomic E-state index is 5.77. The molecule has 0 aliphatic rings. The van der Waals surface area contributed by atoms with E-state index >= 15 is 0 Å². The number of nitrogens with one attached hydrogen (secondary N) is 2. The van der Waals surface area contributed by atoms with Gasteiger partial charge in [0.05, 0.1) is 6.10 Å². The van der Waals surface area contributed by atoms with Crippen molar-refractivity contribution in [3.63, 3.8) is 0 Å². The molecule has 0 amide bonds. The van der Waals surface area contributed by atoms with E-state index in [4.69, 9.17) is 4.74 Å². The van der Waals surface area contributed by atoms with E-state index in [-0.39, 0.29) is 0 Å². The lowest BCUT2D eigenvalue weighted by molar-refractivity contribution is 0.0258. The topological polar surface area (TPSA) is 45.6 Å². The van der Waals surface area contributed by atoms with E-state index in [9.17, 15) is 0 Å². The maximum Gasteiger partial charge on any atom is 0.191 e. The lowest BCUT2D eigenvalue weighted by Gasteiger charge is -2.21. The minimum atomic E-state index is 0.296. The van der Waals surface area contributed by atoms with E-state index < -0.39 is 0 Å². The van der Waals surface area contributed by atoms with Crippen molar-refractivity contribution >= 4 is 17.7 Å². The highest BCUT2D eigenvalue weighted by Crippen LogP contribution is 2.14. The van der Waals surface area contributed by atoms with E-state index in [2.05, 4.69) is 60.0 Å². The SMILES string of the molecule is CCOC(CCNC(=NC)NCc1ccc(SC)cc1)C(C)C. The van der Waals surface area contributed by atoms with Crippen molar-refractivity contribution in [1.82, 2.24) is 10.6 Å². The molecule has 0 spiro atoms. The molecule has 0 aromatic heterocycles. The summed E-state index contributed by atoms with van der Waals surface area (Å²) in [5.74, 6) is 1.36. The van der Waals surface area contributed by atoms with Crippen LogP contribution in [0.1, 0.15) is 32.8 Å². The number of nitrogens with zero attached hydrogens (tertiary/aromatic N) is 1. The lowest BCUT2D eigenvalue weighted by Crippen LogP contribution is -2.38. The summed E-state index contributed by atoms with van der Waals surface area (Å²) in [5, 5.41) is 6.71. The van der Waals surface area contributed by atoms with E-state index in [0.29, 0.717) is 12.0 Å². The number of ether oxygens (including phenoxy) is 1. The highest BCUT2D eigenvalue weighted by atomic mass is 32.2. The first-order chi connectivity index (χ1) is 11.1. The number of guanidine groups is 1. The number of thioether (sulfide) groups is 1. The number of aliphatic imine (C=N–C) groups is 1. The molecule has 0 fully saturated rings. The van der Waals surface area contributed by atoms with Gasteiger partial charge >= 0.3 is 0 Å². The fraction of sp³-hybridized carbons (Fsp3) is 0.611. The van der Waals surface area contributed by atoms with Crippen LogP contribution in [0, 0.1) is 5.92 Å². The predicted molar refractivity (Wildman–Crippen MR) is 101 cm³/mol. The van der Waals surface area contributed by atoms with Gasteiger partial charge in [0.15, 0.2) is 5.96 Å². The molecule has 0 heterocycles. The highest BCUT2D eigenvalue weighted by molar-refractivity contribution is 7.98. The minimum Gasteiger partial charge on any atom is -0.378 e. The summed E-state index contributed by atoms with van der Waals surface area (Å²) in [4.78, 5) is 5.56. The molecule has 0 saturated heterocycles. The average molecular weight is 338 g/mol. The van der Waals surface area contributed by atoms with E-state index in [0.717, 1.165) is 32.1 Å². The fourth-order valence-electron chi connectivity index (χ4n) is 2.31. The van der Waals surface area contributed by atoms with Crippen molar-refractivity contribution < 1.29 is 4.74 Å². The van der Waals surface area contributed by atoms with Gasteiger partial charge in [-0.15, -0.1) is 11.8 Å². The van der Waals surface area contributed by atoms with Gasteiger partial charge in [0.1, 0.15) is 0 Å². The summed E-state index contributed by atoms with van der Waals surface area (Å²) in [7, 11) is 1.80. The number of hydrogen-bond donors (Lipinski definition) is 2. The molecule has 2 N–H and O–H groups in total. The zero-order valence-corrected chi connectivity index (χ0v) is 15.9. The van der Waals surface area contributed by atoms with Gasteiger partial charge in [0.25, 0.3) is 0 Å². The Kier molecular flexibility index (Phi) is 9.80. The lowest BCUT2D eigenvalue weighted by atomic mass is 10.0. The second-order valence-electron chi connectivity index (χ2n) is 5.73. The number of benzene rings is 1. The molecule has 4 nitrogen and oxygen atoms in total. The standard InChI is InChI=1S/C18H31N3OS/c1-6-22-17(14(2)3)11-12-20-18(19-4)21-13-15-7-9-16(23-5)10-8-15/h7-10,14,17H,6,11-13H2,1-5H3,(H2,19,20,21). The number of rotatable bonds is 9. The summed E-state index contributed by atoms with van der Waals surface area (Å²) >= 11 is 1.76. The first-order valence-electron chi connectivity index (χ1n) is 8.29. The van der Waals surface area contributed by atoms with Crippen molar-refractivity contribution in [2.24, 2.45) is 10.9 Å². The Morgan fingerprint density at radius 1 is 1.22 bits per heavy atom. The molecule has 1 unspecified atom stereocenters. The molecular weight excluding hydrogens is 306 g/mol. The Bertz CT molecular complexity index is 460. The van der Waals surface area contributed by atoms with Crippen LogP contribution in [-0.2, 0) is 11.3 Å². The Morgan fingerprint density at radius 2 is 1.91 bits per heavy atom. The Hall–Kier alpha value is -1.20. The van der Waals surface area contributed by atoms with Gasteiger partial charge in [-0.05, 0) is 43.2 Å². The smallest absolute Gasteiger partial charge is 0.191 e.